The fourth-order valence-electron chi connectivity index (χ4n) is 3.55. The van der Waals surface area contributed by atoms with Gasteiger partial charge in [-0.3, -0.25) is 0 Å². The summed E-state index contributed by atoms with van der Waals surface area (Å²) in [7, 11) is 0. The summed E-state index contributed by atoms with van der Waals surface area (Å²) in [6.07, 6.45) is 0. The normalized spacial score (nSPS) is 13.1. The highest BCUT2D eigenvalue weighted by molar-refractivity contribution is 5.96. The van der Waals surface area contributed by atoms with E-state index in [0.29, 0.717) is 18.4 Å². The minimum atomic E-state index is 0.543. The van der Waals surface area contributed by atoms with Gasteiger partial charge in [-0.1, -0.05) is 76.2 Å². The summed E-state index contributed by atoms with van der Waals surface area (Å²) in [4.78, 5) is 0. The Kier molecular flexibility index (Phi) is 3.60. The fourth-order valence-corrected chi connectivity index (χ4v) is 3.55. The molecule has 3 aromatic carbocycles. The molecule has 0 N–H and O–H groups in total. The van der Waals surface area contributed by atoms with Crippen LogP contribution in [0.4, 0.5) is 0 Å². The van der Waals surface area contributed by atoms with Crippen molar-refractivity contribution >= 4 is 10.8 Å². The summed E-state index contributed by atoms with van der Waals surface area (Å²) < 4.78 is 6.20. The maximum Gasteiger partial charge on any atom is 0.135 e. The number of hydrogen-bond acceptors (Lipinski definition) is 1. The minimum absolute atomic E-state index is 0.543. The van der Waals surface area contributed by atoms with Crippen molar-refractivity contribution in [2.75, 3.05) is 0 Å². The molecule has 0 bridgehead atoms. The zero-order valence-corrected chi connectivity index (χ0v) is 14.9. The van der Waals surface area contributed by atoms with Crippen LogP contribution in [0, 0.1) is 0 Å². The molecule has 1 aliphatic heterocycles. The number of rotatable bonds is 2. The van der Waals surface area contributed by atoms with Crippen molar-refractivity contribution in [1.82, 2.24) is 0 Å². The molecule has 0 saturated carbocycles. The van der Waals surface area contributed by atoms with E-state index < -0.39 is 0 Å². The van der Waals surface area contributed by atoms with Crippen molar-refractivity contribution < 1.29 is 4.74 Å². The standard InChI is InChI=1S/C23H24O/c1-14(2)16-6-9-21-18(11-16)7-10-22-20-8-5-17(15(3)4)12-19(20)13-24-23(21)22/h5-12,14-15H,13H2,1-4H3. The Morgan fingerprint density at radius 1 is 0.750 bits per heavy atom. The second kappa shape index (κ2) is 5.66. The molecular formula is C23H24O. The number of hydrogen-bond donors (Lipinski definition) is 0. The fraction of sp³-hybridized carbons (Fsp3) is 0.304. The molecule has 0 saturated heterocycles. The van der Waals surface area contributed by atoms with Gasteiger partial charge in [-0.2, -0.15) is 0 Å². The third-order valence-electron chi connectivity index (χ3n) is 5.12. The molecule has 0 aliphatic carbocycles. The predicted octanol–water partition coefficient (Wildman–Crippen LogP) is 6.65. The summed E-state index contributed by atoms with van der Waals surface area (Å²) >= 11 is 0. The van der Waals surface area contributed by atoms with Gasteiger partial charge in [-0.05, 0) is 39.5 Å². The summed E-state index contributed by atoms with van der Waals surface area (Å²) in [5.41, 5.74) is 6.59. The molecular weight excluding hydrogens is 292 g/mol. The zero-order chi connectivity index (χ0) is 16.8. The zero-order valence-electron chi connectivity index (χ0n) is 14.9. The molecule has 0 spiro atoms. The van der Waals surface area contributed by atoms with E-state index in [1.807, 2.05) is 0 Å². The van der Waals surface area contributed by atoms with Gasteiger partial charge in [0.2, 0.25) is 0 Å². The SMILES string of the molecule is CC(C)c1ccc2c(c1)COc1c-2ccc2cc(C(C)C)ccc12. The lowest BCUT2D eigenvalue weighted by Gasteiger charge is -2.24. The number of benzene rings is 3. The van der Waals surface area contributed by atoms with Gasteiger partial charge in [-0.25, -0.2) is 0 Å². The van der Waals surface area contributed by atoms with E-state index in [4.69, 9.17) is 4.74 Å². The lowest BCUT2D eigenvalue weighted by Crippen LogP contribution is -2.07. The molecule has 0 unspecified atom stereocenters. The molecule has 0 fully saturated rings. The van der Waals surface area contributed by atoms with Crippen LogP contribution in [0.15, 0.2) is 48.5 Å². The van der Waals surface area contributed by atoms with E-state index >= 15 is 0 Å². The molecule has 1 aliphatic rings. The Labute approximate surface area is 144 Å². The Morgan fingerprint density at radius 2 is 1.42 bits per heavy atom. The van der Waals surface area contributed by atoms with E-state index in [2.05, 4.69) is 76.2 Å². The monoisotopic (exact) mass is 316 g/mol. The number of ether oxygens (including phenoxy) is 1. The molecule has 0 aromatic heterocycles. The molecule has 122 valence electrons. The first kappa shape index (κ1) is 15.3. The van der Waals surface area contributed by atoms with Gasteiger partial charge in [0.1, 0.15) is 12.4 Å². The first-order valence-electron chi connectivity index (χ1n) is 8.87. The second-order valence-electron chi connectivity index (χ2n) is 7.44. The molecule has 1 nitrogen and oxygen atoms in total. The molecule has 24 heavy (non-hydrogen) atoms. The van der Waals surface area contributed by atoms with Gasteiger partial charge in [-0.15, -0.1) is 0 Å². The van der Waals surface area contributed by atoms with Crippen molar-refractivity contribution in [3.8, 4) is 16.9 Å². The van der Waals surface area contributed by atoms with E-state index in [9.17, 15) is 0 Å². The van der Waals surface area contributed by atoms with E-state index in [1.165, 1.54) is 38.6 Å². The van der Waals surface area contributed by atoms with Crippen molar-refractivity contribution in [2.45, 2.75) is 46.1 Å². The molecule has 0 amide bonds. The molecule has 0 radical (unpaired) electrons. The van der Waals surface area contributed by atoms with Gasteiger partial charge < -0.3 is 4.74 Å². The average Bonchev–Trinajstić information content (AvgIpc) is 2.59. The highest BCUT2D eigenvalue weighted by atomic mass is 16.5. The van der Waals surface area contributed by atoms with E-state index in [0.717, 1.165) is 5.75 Å². The van der Waals surface area contributed by atoms with Gasteiger partial charge >= 0.3 is 0 Å². The number of fused-ring (bicyclic) bond motifs is 5. The maximum absolute atomic E-state index is 6.20. The molecule has 1 heterocycles. The lowest BCUT2D eigenvalue weighted by molar-refractivity contribution is 0.306. The highest BCUT2D eigenvalue weighted by Gasteiger charge is 2.20. The Bertz CT molecular complexity index is 919. The second-order valence-corrected chi connectivity index (χ2v) is 7.44. The van der Waals surface area contributed by atoms with Crippen LogP contribution >= 0.6 is 0 Å². The largest absolute Gasteiger partial charge is 0.488 e. The van der Waals surface area contributed by atoms with Crippen LogP contribution in [0.2, 0.25) is 0 Å². The summed E-state index contributed by atoms with van der Waals surface area (Å²) in [6, 6.07) is 18.0. The smallest absolute Gasteiger partial charge is 0.135 e. The molecule has 4 rings (SSSR count). The molecule has 0 atom stereocenters. The van der Waals surface area contributed by atoms with Crippen LogP contribution in [0.25, 0.3) is 21.9 Å². The molecule has 1 heteroatoms. The first-order valence-corrected chi connectivity index (χ1v) is 8.87. The third kappa shape index (κ3) is 2.39. The van der Waals surface area contributed by atoms with Gasteiger partial charge in [0.25, 0.3) is 0 Å². The average molecular weight is 316 g/mol. The van der Waals surface area contributed by atoms with E-state index in [-0.39, 0.29) is 0 Å². The Balaban J connectivity index is 1.88. The topological polar surface area (TPSA) is 9.23 Å². The van der Waals surface area contributed by atoms with Crippen molar-refractivity contribution in [1.29, 1.82) is 0 Å². The Morgan fingerprint density at radius 3 is 2.17 bits per heavy atom. The van der Waals surface area contributed by atoms with Gasteiger partial charge in [0.15, 0.2) is 0 Å². The van der Waals surface area contributed by atoms with Crippen molar-refractivity contribution in [3.05, 3.63) is 65.2 Å². The highest BCUT2D eigenvalue weighted by Crippen LogP contribution is 2.43. The summed E-state index contributed by atoms with van der Waals surface area (Å²) in [5, 5.41) is 2.48. The third-order valence-corrected chi connectivity index (χ3v) is 5.12. The van der Waals surface area contributed by atoms with Gasteiger partial charge in [0.05, 0.1) is 0 Å². The van der Waals surface area contributed by atoms with Crippen LogP contribution in [0.3, 0.4) is 0 Å². The van der Waals surface area contributed by atoms with Crippen LogP contribution in [0.5, 0.6) is 5.75 Å². The van der Waals surface area contributed by atoms with E-state index in [1.54, 1.807) is 0 Å². The van der Waals surface area contributed by atoms with Crippen LogP contribution < -0.4 is 4.74 Å². The first-order chi connectivity index (χ1) is 11.5. The van der Waals surface area contributed by atoms with Crippen molar-refractivity contribution in [3.63, 3.8) is 0 Å². The lowest BCUT2D eigenvalue weighted by atomic mass is 9.90. The minimum Gasteiger partial charge on any atom is -0.488 e. The van der Waals surface area contributed by atoms with Gasteiger partial charge in [0, 0.05) is 10.9 Å². The van der Waals surface area contributed by atoms with Crippen LogP contribution in [-0.2, 0) is 6.61 Å². The summed E-state index contributed by atoms with van der Waals surface area (Å²) in [6.45, 7) is 9.60. The van der Waals surface area contributed by atoms with Crippen LogP contribution in [0.1, 0.15) is 56.2 Å². The molecule has 3 aromatic rings. The van der Waals surface area contributed by atoms with Crippen molar-refractivity contribution in [2.24, 2.45) is 0 Å². The van der Waals surface area contributed by atoms with Crippen LogP contribution in [-0.4, -0.2) is 0 Å². The summed E-state index contributed by atoms with van der Waals surface area (Å²) in [5.74, 6) is 2.12. The quantitative estimate of drug-likeness (QED) is 0.514. The Hall–Kier alpha value is -2.28. The maximum atomic E-state index is 6.20. The predicted molar refractivity (Wildman–Crippen MR) is 102 cm³/mol.